The summed E-state index contributed by atoms with van der Waals surface area (Å²) in [6.45, 7) is 4.64. The molecule has 1 aliphatic rings. The Hall–Kier alpha value is -1.70. The normalized spacial score (nSPS) is 18.7. The molecular weight excluding hydrogens is 222 g/mol. The first-order chi connectivity index (χ1) is 8.59. The van der Waals surface area contributed by atoms with Gasteiger partial charge in [0.15, 0.2) is 0 Å². The lowest BCUT2D eigenvalue weighted by molar-refractivity contribution is 0.324. The van der Waals surface area contributed by atoms with Crippen LogP contribution in [0, 0.1) is 10.3 Å². The van der Waals surface area contributed by atoms with Gasteiger partial charge in [-0.2, -0.15) is 0 Å². The summed E-state index contributed by atoms with van der Waals surface area (Å²) in [7, 11) is 0. The van der Waals surface area contributed by atoms with Crippen molar-refractivity contribution in [1.29, 1.82) is 0 Å². The van der Waals surface area contributed by atoms with Crippen LogP contribution in [-0.4, -0.2) is 0 Å². The molecule has 0 atom stereocenters. The Labute approximate surface area is 108 Å². The van der Waals surface area contributed by atoms with E-state index in [1.54, 1.807) is 12.1 Å². The van der Waals surface area contributed by atoms with Crippen LogP contribution in [0.2, 0.25) is 0 Å². The average molecular weight is 241 g/mol. The van der Waals surface area contributed by atoms with E-state index in [4.69, 9.17) is 0 Å². The molecule has 0 aromatic heterocycles. The van der Waals surface area contributed by atoms with Gasteiger partial charge in [-0.1, -0.05) is 49.8 Å². The predicted octanol–water partition coefficient (Wildman–Crippen LogP) is 5.23. The first kappa shape index (κ1) is 12.7. The van der Waals surface area contributed by atoms with Gasteiger partial charge in [0.2, 0.25) is 0 Å². The first-order valence-electron chi connectivity index (χ1n) is 6.40. The fourth-order valence-electron chi connectivity index (χ4n) is 2.34. The van der Waals surface area contributed by atoms with Crippen molar-refractivity contribution in [2.45, 2.75) is 33.1 Å². The van der Waals surface area contributed by atoms with E-state index in [-0.39, 0.29) is 0 Å². The summed E-state index contributed by atoms with van der Waals surface area (Å²) >= 11 is 0. The second kappa shape index (κ2) is 5.30. The van der Waals surface area contributed by atoms with Gasteiger partial charge in [0.1, 0.15) is 5.69 Å². The molecule has 0 spiro atoms. The zero-order valence-corrected chi connectivity index (χ0v) is 11.0. The van der Waals surface area contributed by atoms with Crippen LogP contribution in [0.15, 0.2) is 47.2 Å². The van der Waals surface area contributed by atoms with Crippen molar-refractivity contribution in [3.63, 3.8) is 0 Å². The van der Waals surface area contributed by atoms with Crippen molar-refractivity contribution in [3.05, 3.63) is 52.5 Å². The van der Waals surface area contributed by atoms with Crippen LogP contribution in [0.25, 0.3) is 6.08 Å². The van der Waals surface area contributed by atoms with Gasteiger partial charge in [-0.05, 0) is 47.6 Å². The molecule has 0 unspecified atom stereocenters. The van der Waals surface area contributed by atoms with Gasteiger partial charge in [-0.25, -0.2) is 0 Å². The van der Waals surface area contributed by atoms with E-state index in [1.807, 2.05) is 12.1 Å². The zero-order valence-electron chi connectivity index (χ0n) is 11.0. The van der Waals surface area contributed by atoms with Crippen LogP contribution in [0.1, 0.15) is 38.7 Å². The maximum atomic E-state index is 10.3. The number of allylic oxidation sites excluding steroid dienone is 3. The minimum atomic E-state index is 0.416. The molecule has 1 aliphatic carbocycles. The molecule has 2 rings (SSSR count). The number of benzene rings is 1. The van der Waals surface area contributed by atoms with Gasteiger partial charge >= 0.3 is 0 Å². The van der Waals surface area contributed by atoms with E-state index in [0.29, 0.717) is 11.1 Å². The Morgan fingerprint density at radius 3 is 2.50 bits per heavy atom. The van der Waals surface area contributed by atoms with Crippen molar-refractivity contribution >= 4 is 11.8 Å². The second-order valence-electron chi connectivity index (χ2n) is 5.67. The lowest BCUT2D eigenvalue weighted by Crippen LogP contribution is -2.14. The van der Waals surface area contributed by atoms with Crippen LogP contribution >= 0.6 is 0 Å². The minimum absolute atomic E-state index is 0.416. The van der Waals surface area contributed by atoms with Gasteiger partial charge in [0, 0.05) is 0 Å². The molecule has 1 aromatic carbocycles. The highest BCUT2D eigenvalue weighted by molar-refractivity contribution is 5.55. The quantitative estimate of drug-likeness (QED) is 0.666. The maximum Gasteiger partial charge on any atom is 0.108 e. The lowest BCUT2D eigenvalue weighted by Gasteiger charge is -2.28. The molecule has 0 radical (unpaired) electrons. The lowest BCUT2D eigenvalue weighted by atomic mass is 9.77. The monoisotopic (exact) mass is 241 g/mol. The molecule has 0 amide bonds. The predicted molar refractivity (Wildman–Crippen MR) is 76.6 cm³/mol. The Morgan fingerprint density at radius 2 is 1.89 bits per heavy atom. The molecule has 18 heavy (non-hydrogen) atoms. The van der Waals surface area contributed by atoms with Crippen molar-refractivity contribution < 1.29 is 0 Å². The average Bonchev–Trinajstić information content (AvgIpc) is 2.36. The van der Waals surface area contributed by atoms with Crippen molar-refractivity contribution in [2.24, 2.45) is 10.6 Å². The standard InChI is InChI=1S/C16H19NO/c1-16(2)11-3-4-14(12-16)6-5-13-7-9-15(17-18)10-8-13/h4-10H,3,11-12H2,1-2H3. The van der Waals surface area contributed by atoms with Crippen LogP contribution in [0.5, 0.6) is 0 Å². The fraction of sp³-hybridized carbons (Fsp3) is 0.375. The number of hydrogen-bond donors (Lipinski definition) is 0. The minimum Gasteiger partial charge on any atom is -0.145 e. The fourth-order valence-corrected chi connectivity index (χ4v) is 2.34. The van der Waals surface area contributed by atoms with Crippen molar-refractivity contribution in [1.82, 2.24) is 0 Å². The molecule has 0 fully saturated rings. The number of nitrogens with zero attached hydrogens (tertiary/aromatic N) is 1. The van der Waals surface area contributed by atoms with E-state index >= 15 is 0 Å². The second-order valence-corrected chi connectivity index (χ2v) is 5.67. The molecule has 94 valence electrons. The smallest absolute Gasteiger partial charge is 0.108 e. The molecule has 2 nitrogen and oxygen atoms in total. The third kappa shape index (κ3) is 3.39. The molecular formula is C16H19NO. The van der Waals surface area contributed by atoms with Crippen LogP contribution in [0.4, 0.5) is 5.69 Å². The van der Waals surface area contributed by atoms with Gasteiger partial charge < -0.3 is 0 Å². The van der Waals surface area contributed by atoms with E-state index in [2.05, 4.69) is 37.3 Å². The molecule has 0 N–H and O–H groups in total. The topological polar surface area (TPSA) is 29.4 Å². The van der Waals surface area contributed by atoms with Gasteiger partial charge in [-0.3, -0.25) is 0 Å². The summed E-state index contributed by atoms with van der Waals surface area (Å²) in [5.74, 6) is 0. The van der Waals surface area contributed by atoms with Gasteiger partial charge in [0.05, 0.1) is 0 Å². The molecule has 2 heteroatoms. The maximum absolute atomic E-state index is 10.3. The van der Waals surface area contributed by atoms with Crippen molar-refractivity contribution in [2.75, 3.05) is 0 Å². The largest absolute Gasteiger partial charge is 0.145 e. The Morgan fingerprint density at radius 1 is 1.17 bits per heavy atom. The van der Waals surface area contributed by atoms with Gasteiger partial charge in [0.25, 0.3) is 0 Å². The molecule has 0 saturated heterocycles. The number of nitroso groups, excluding NO2 is 1. The van der Waals surface area contributed by atoms with E-state index < -0.39 is 0 Å². The van der Waals surface area contributed by atoms with Gasteiger partial charge in [-0.15, -0.1) is 4.91 Å². The zero-order chi connectivity index (χ0) is 13.0. The van der Waals surface area contributed by atoms with E-state index in [0.717, 1.165) is 12.0 Å². The van der Waals surface area contributed by atoms with E-state index in [1.165, 1.54) is 18.4 Å². The van der Waals surface area contributed by atoms with Crippen molar-refractivity contribution in [3.8, 4) is 0 Å². The summed E-state index contributed by atoms with van der Waals surface area (Å²) < 4.78 is 0. The van der Waals surface area contributed by atoms with E-state index in [9.17, 15) is 4.91 Å². The van der Waals surface area contributed by atoms with Crippen LogP contribution < -0.4 is 0 Å². The first-order valence-corrected chi connectivity index (χ1v) is 6.40. The summed E-state index contributed by atoms with van der Waals surface area (Å²) in [4.78, 5) is 10.3. The summed E-state index contributed by atoms with van der Waals surface area (Å²) in [6.07, 6.45) is 10.2. The highest BCUT2D eigenvalue weighted by Gasteiger charge is 2.21. The molecule has 0 bridgehead atoms. The summed E-state index contributed by atoms with van der Waals surface area (Å²) in [5, 5.41) is 2.90. The Kier molecular flexibility index (Phi) is 3.75. The number of rotatable bonds is 3. The highest BCUT2D eigenvalue weighted by atomic mass is 16.3. The molecule has 0 heterocycles. The molecule has 0 aliphatic heterocycles. The Bertz CT molecular complexity index is 480. The third-order valence-electron chi connectivity index (χ3n) is 3.40. The highest BCUT2D eigenvalue weighted by Crippen LogP contribution is 2.35. The summed E-state index contributed by atoms with van der Waals surface area (Å²) in [6, 6.07) is 7.32. The molecule has 1 aromatic rings. The van der Waals surface area contributed by atoms with Crippen LogP contribution in [-0.2, 0) is 0 Å². The van der Waals surface area contributed by atoms with Crippen LogP contribution in [0.3, 0.4) is 0 Å². The number of hydrogen-bond acceptors (Lipinski definition) is 2. The summed E-state index contributed by atoms with van der Waals surface area (Å²) in [5.41, 5.74) is 3.40. The SMILES string of the molecule is CC1(C)CCC=C(C=Cc2ccc(N=O)cc2)C1. The molecule has 0 saturated carbocycles. The Balaban J connectivity index is 2.06. The third-order valence-corrected chi connectivity index (χ3v) is 3.40.